The van der Waals surface area contributed by atoms with Crippen LogP contribution in [0.1, 0.15) is 28.6 Å². The Kier molecular flexibility index (Phi) is 3.98. The van der Waals surface area contributed by atoms with Crippen LogP contribution < -0.4 is 0 Å². The number of carbonyl (C=O) groups is 1. The molecule has 1 amide bonds. The molecule has 5 nitrogen and oxygen atoms in total. The Bertz CT molecular complexity index is 677. The van der Waals surface area contributed by atoms with Gasteiger partial charge in [0.2, 0.25) is 5.91 Å². The first-order chi connectivity index (χ1) is 10.6. The quantitative estimate of drug-likeness (QED) is 0.941. The van der Waals surface area contributed by atoms with Gasteiger partial charge in [0.05, 0.1) is 24.3 Å². The number of benzene rings is 1. The molecule has 1 aliphatic heterocycles. The molecule has 0 bridgehead atoms. The summed E-state index contributed by atoms with van der Waals surface area (Å²) in [6, 6.07) is 7.94. The van der Waals surface area contributed by atoms with E-state index in [0.29, 0.717) is 6.54 Å². The average Bonchev–Trinajstić information content (AvgIpc) is 2.94. The standard InChI is InChI=1S/C17H22N4O/c1-12-5-4-6-13(9-12)16(20(2)3)17(22)21-8-7-14-15(10-21)19-11-18-14/h4-6,9,11,16H,7-8,10H2,1-3H3,(H,18,19)/t16-/m1/s1. The highest BCUT2D eigenvalue weighted by molar-refractivity contribution is 5.83. The van der Waals surface area contributed by atoms with Gasteiger partial charge in [-0.05, 0) is 26.6 Å². The summed E-state index contributed by atoms with van der Waals surface area (Å²) in [6.45, 7) is 3.40. The van der Waals surface area contributed by atoms with Crippen LogP contribution in [0.25, 0.3) is 0 Å². The fraction of sp³-hybridized carbons (Fsp3) is 0.412. The summed E-state index contributed by atoms with van der Waals surface area (Å²) < 4.78 is 0. The monoisotopic (exact) mass is 298 g/mol. The van der Waals surface area contributed by atoms with E-state index in [-0.39, 0.29) is 11.9 Å². The zero-order chi connectivity index (χ0) is 15.7. The van der Waals surface area contributed by atoms with Crippen LogP contribution in [0, 0.1) is 6.92 Å². The summed E-state index contributed by atoms with van der Waals surface area (Å²) in [4.78, 5) is 24.4. The molecule has 22 heavy (non-hydrogen) atoms. The van der Waals surface area contributed by atoms with Crippen molar-refractivity contribution < 1.29 is 4.79 Å². The van der Waals surface area contributed by atoms with Crippen LogP contribution in [0.4, 0.5) is 0 Å². The fourth-order valence-corrected chi connectivity index (χ4v) is 3.08. The molecule has 1 N–H and O–H groups in total. The number of H-pyrrole nitrogens is 1. The molecule has 2 aromatic rings. The number of aromatic amines is 1. The van der Waals surface area contributed by atoms with E-state index in [2.05, 4.69) is 29.0 Å². The first kappa shape index (κ1) is 14.8. The SMILES string of the molecule is Cc1cccc([C@H](C(=O)N2CCc3nc[nH]c3C2)N(C)C)c1. The number of rotatable bonds is 3. The van der Waals surface area contributed by atoms with E-state index in [1.807, 2.05) is 36.0 Å². The Morgan fingerprint density at radius 2 is 2.23 bits per heavy atom. The molecule has 1 aliphatic rings. The van der Waals surface area contributed by atoms with Crippen molar-refractivity contribution >= 4 is 5.91 Å². The molecule has 5 heteroatoms. The van der Waals surface area contributed by atoms with Gasteiger partial charge in [0.15, 0.2) is 0 Å². The second-order valence-electron chi connectivity index (χ2n) is 6.12. The van der Waals surface area contributed by atoms with Crippen LogP contribution in [0.3, 0.4) is 0 Å². The van der Waals surface area contributed by atoms with E-state index in [4.69, 9.17) is 0 Å². The van der Waals surface area contributed by atoms with Crippen LogP contribution in [-0.2, 0) is 17.8 Å². The minimum Gasteiger partial charge on any atom is -0.347 e. The summed E-state index contributed by atoms with van der Waals surface area (Å²) in [5, 5.41) is 0. The summed E-state index contributed by atoms with van der Waals surface area (Å²) in [7, 11) is 3.91. The highest BCUT2D eigenvalue weighted by atomic mass is 16.2. The molecule has 116 valence electrons. The lowest BCUT2D eigenvalue weighted by Gasteiger charge is -2.33. The molecule has 1 atom stereocenters. The fourth-order valence-electron chi connectivity index (χ4n) is 3.08. The molecular formula is C17H22N4O. The number of likely N-dealkylation sites (N-methyl/N-ethyl adjacent to an activating group) is 1. The number of carbonyl (C=O) groups excluding carboxylic acids is 1. The summed E-state index contributed by atoms with van der Waals surface area (Å²) in [6.07, 6.45) is 2.53. The highest BCUT2D eigenvalue weighted by Gasteiger charge is 2.30. The van der Waals surface area contributed by atoms with Gasteiger partial charge in [-0.1, -0.05) is 29.8 Å². The number of imidazole rings is 1. The third-order valence-electron chi connectivity index (χ3n) is 4.19. The van der Waals surface area contributed by atoms with Crippen molar-refractivity contribution in [3.8, 4) is 0 Å². The Morgan fingerprint density at radius 3 is 2.95 bits per heavy atom. The van der Waals surface area contributed by atoms with Gasteiger partial charge in [0.25, 0.3) is 0 Å². The van der Waals surface area contributed by atoms with Crippen molar-refractivity contribution in [3.63, 3.8) is 0 Å². The first-order valence-corrected chi connectivity index (χ1v) is 7.59. The first-order valence-electron chi connectivity index (χ1n) is 7.59. The number of aryl methyl sites for hydroxylation is 1. The van der Waals surface area contributed by atoms with Gasteiger partial charge >= 0.3 is 0 Å². The van der Waals surface area contributed by atoms with Crippen molar-refractivity contribution in [2.75, 3.05) is 20.6 Å². The maximum absolute atomic E-state index is 13.0. The molecule has 0 fully saturated rings. The molecule has 0 saturated heterocycles. The van der Waals surface area contributed by atoms with Gasteiger partial charge in [-0.15, -0.1) is 0 Å². The summed E-state index contributed by atoms with van der Waals surface area (Å²) in [5.74, 6) is 0.149. The van der Waals surface area contributed by atoms with Gasteiger partial charge in [-0.3, -0.25) is 9.69 Å². The zero-order valence-electron chi connectivity index (χ0n) is 13.3. The second kappa shape index (κ2) is 5.93. The Morgan fingerprint density at radius 1 is 1.41 bits per heavy atom. The number of amides is 1. The van der Waals surface area contributed by atoms with E-state index >= 15 is 0 Å². The number of aromatic nitrogens is 2. The number of nitrogens with one attached hydrogen (secondary N) is 1. The molecule has 0 unspecified atom stereocenters. The molecule has 1 aromatic heterocycles. The third-order valence-corrected chi connectivity index (χ3v) is 4.19. The summed E-state index contributed by atoms with van der Waals surface area (Å²) >= 11 is 0. The van der Waals surface area contributed by atoms with Gasteiger partial charge in [-0.2, -0.15) is 0 Å². The number of hydrogen-bond acceptors (Lipinski definition) is 3. The van der Waals surface area contributed by atoms with Crippen LogP contribution in [-0.4, -0.2) is 46.3 Å². The lowest BCUT2D eigenvalue weighted by atomic mass is 10.0. The average molecular weight is 298 g/mol. The van der Waals surface area contributed by atoms with Crippen molar-refractivity contribution in [1.82, 2.24) is 19.8 Å². The maximum Gasteiger partial charge on any atom is 0.244 e. The van der Waals surface area contributed by atoms with E-state index in [1.54, 1.807) is 6.33 Å². The van der Waals surface area contributed by atoms with Gasteiger partial charge in [0.1, 0.15) is 6.04 Å². The van der Waals surface area contributed by atoms with E-state index < -0.39 is 0 Å². The van der Waals surface area contributed by atoms with Crippen molar-refractivity contribution in [2.24, 2.45) is 0 Å². The van der Waals surface area contributed by atoms with E-state index in [1.165, 1.54) is 5.56 Å². The highest BCUT2D eigenvalue weighted by Crippen LogP contribution is 2.25. The normalized spacial score (nSPS) is 15.7. The number of fused-ring (bicyclic) bond motifs is 1. The minimum atomic E-state index is -0.246. The van der Waals surface area contributed by atoms with E-state index in [0.717, 1.165) is 29.9 Å². The van der Waals surface area contributed by atoms with E-state index in [9.17, 15) is 4.79 Å². The second-order valence-corrected chi connectivity index (χ2v) is 6.12. The van der Waals surface area contributed by atoms with Crippen LogP contribution in [0.15, 0.2) is 30.6 Å². The lowest BCUT2D eigenvalue weighted by Crippen LogP contribution is -2.43. The number of hydrogen-bond donors (Lipinski definition) is 1. The molecule has 3 rings (SSSR count). The van der Waals surface area contributed by atoms with Gasteiger partial charge < -0.3 is 9.88 Å². The molecule has 2 heterocycles. The van der Waals surface area contributed by atoms with Crippen molar-refractivity contribution in [2.45, 2.75) is 25.9 Å². The summed E-state index contributed by atoms with van der Waals surface area (Å²) in [5.41, 5.74) is 4.36. The molecule has 0 aliphatic carbocycles. The predicted octanol–water partition coefficient (Wildman–Crippen LogP) is 1.91. The van der Waals surface area contributed by atoms with Crippen molar-refractivity contribution in [3.05, 3.63) is 53.1 Å². The largest absolute Gasteiger partial charge is 0.347 e. The Balaban J connectivity index is 1.85. The number of nitrogens with zero attached hydrogens (tertiary/aromatic N) is 3. The van der Waals surface area contributed by atoms with Crippen LogP contribution in [0.5, 0.6) is 0 Å². The van der Waals surface area contributed by atoms with Gasteiger partial charge in [0, 0.05) is 13.0 Å². The zero-order valence-corrected chi connectivity index (χ0v) is 13.3. The minimum absolute atomic E-state index is 0.149. The third kappa shape index (κ3) is 2.76. The topological polar surface area (TPSA) is 52.2 Å². The molecular weight excluding hydrogens is 276 g/mol. The lowest BCUT2D eigenvalue weighted by molar-refractivity contribution is -0.137. The Hall–Kier alpha value is -2.14. The van der Waals surface area contributed by atoms with Crippen molar-refractivity contribution in [1.29, 1.82) is 0 Å². The predicted molar refractivity (Wildman–Crippen MR) is 85.3 cm³/mol. The smallest absolute Gasteiger partial charge is 0.244 e. The van der Waals surface area contributed by atoms with Crippen LogP contribution >= 0.6 is 0 Å². The molecule has 0 saturated carbocycles. The molecule has 1 aromatic carbocycles. The maximum atomic E-state index is 13.0. The van der Waals surface area contributed by atoms with Gasteiger partial charge in [-0.25, -0.2) is 4.98 Å². The Labute approximate surface area is 131 Å². The molecule has 0 spiro atoms. The van der Waals surface area contributed by atoms with Crippen LogP contribution in [0.2, 0.25) is 0 Å². The molecule has 0 radical (unpaired) electrons.